The second-order valence-corrected chi connectivity index (χ2v) is 6.42. The Bertz CT molecular complexity index is 1360. The third-order valence-corrected chi connectivity index (χ3v) is 4.68. The molecule has 0 spiro atoms. The molecule has 1 N–H and O–H groups in total. The van der Waals surface area contributed by atoms with Crippen molar-refractivity contribution < 1.29 is 9.90 Å². The zero-order valence-electron chi connectivity index (χ0n) is 14.6. The van der Waals surface area contributed by atoms with Gasteiger partial charge in [-0.1, -0.05) is 47.7 Å². The normalized spacial score (nSPS) is 11.1. The lowest BCUT2D eigenvalue weighted by Crippen LogP contribution is -2.01. The Morgan fingerprint density at radius 1 is 0.857 bits per heavy atom. The van der Waals surface area contributed by atoms with Gasteiger partial charge in [-0.05, 0) is 36.4 Å². The molecule has 2 heterocycles. The molecule has 6 heteroatoms. The molecule has 0 fully saturated rings. The molecule has 0 aliphatic carbocycles. The first-order valence-corrected chi connectivity index (χ1v) is 8.75. The molecule has 28 heavy (non-hydrogen) atoms. The van der Waals surface area contributed by atoms with E-state index in [0.29, 0.717) is 16.6 Å². The Morgan fingerprint density at radius 2 is 1.64 bits per heavy atom. The highest BCUT2D eigenvalue weighted by molar-refractivity contribution is 6.03. The maximum Gasteiger partial charge on any atom is 0.336 e. The van der Waals surface area contributed by atoms with Crippen molar-refractivity contribution in [1.29, 1.82) is 0 Å². The third kappa shape index (κ3) is 2.59. The fourth-order valence-electron chi connectivity index (χ4n) is 3.36. The summed E-state index contributed by atoms with van der Waals surface area (Å²) in [7, 11) is 0. The van der Waals surface area contributed by atoms with Crippen molar-refractivity contribution >= 4 is 27.9 Å². The molecule has 134 valence electrons. The van der Waals surface area contributed by atoms with Gasteiger partial charge in [-0.15, -0.1) is 5.10 Å². The van der Waals surface area contributed by atoms with Crippen LogP contribution < -0.4 is 0 Å². The van der Waals surface area contributed by atoms with Crippen molar-refractivity contribution in [3.63, 3.8) is 0 Å². The molecule has 0 bridgehead atoms. The van der Waals surface area contributed by atoms with Gasteiger partial charge in [0.1, 0.15) is 5.52 Å². The van der Waals surface area contributed by atoms with E-state index in [2.05, 4.69) is 15.3 Å². The number of benzene rings is 3. The van der Waals surface area contributed by atoms with E-state index in [1.807, 2.05) is 66.7 Å². The molecule has 0 amide bonds. The van der Waals surface area contributed by atoms with Gasteiger partial charge in [-0.2, -0.15) is 0 Å². The van der Waals surface area contributed by atoms with Crippen LogP contribution in [-0.2, 0) is 0 Å². The SMILES string of the molecule is O=C(O)c1cc(-c2cccc(-n3nnc4ccccc43)c2)nc2ccccc12. The molecule has 0 aliphatic heterocycles. The van der Waals surface area contributed by atoms with Crippen molar-refractivity contribution in [1.82, 2.24) is 20.0 Å². The minimum atomic E-state index is -0.974. The molecule has 5 rings (SSSR count). The molecular formula is C22H14N4O2. The van der Waals surface area contributed by atoms with Crippen molar-refractivity contribution in [2.24, 2.45) is 0 Å². The summed E-state index contributed by atoms with van der Waals surface area (Å²) in [5, 5.41) is 18.7. The maximum atomic E-state index is 11.7. The number of fused-ring (bicyclic) bond motifs is 2. The quantitative estimate of drug-likeness (QED) is 0.514. The van der Waals surface area contributed by atoms with Crippen molar-refractivity contribution in [2.75, 3.05) is 0 Å². The van der Waals surface area contributed by atoms with Crippen LogP contribution in [0.2, 0.25) is 0 Å². The number of carboxylic acid groups (broad SMARTS) is 1. The summed E-state index contributed by atoms with van der Waals surface area (Å²) in [4.78, 5) is 16.4. The van der Waals surface area contributed by atoms with E-state index in [1.54, 1.807) is 16.8 Å². The van der Waals surface area contributed by atoms with Crippen LogP contribution in [0.3, 0.4) is 0 Å². The van der Waals surface area contributed by atoms with Gasteiger partial charge in [0, 0.05) is 10.9 Å². The highest BCUT2D eigenvalue weighted by Gasteiger charge is 2.13. The van der Waals surface area contributed by atoms with Gasteiger partial charge in [-0.3, -0.25) is 0 Å². The van der Waals surface area contributed by atoms with Crippen molar-refractivity contribution in [3.8, 4) is 16.9 Å². The van der Waals surface area contributed by atoms with E-state index in [-0.39, 0.29) is 5.56 Å². The van der Waals surface area contributed by atoms with Crippen LogP contribution in [0.15, 0.2) is 78.9 Å². The minimum Gasteiger partial charge on any atom is -0.478 e. The lowest BCUT2D eigenvalue weighted by atomic mass is 10.0. The lowest BCUT2D eigenvalue weighted by Gasteiger charge is -2.09. The summed E-state index contributed by atoms with van der Waals surface area (Å²) >= 11 is 0. The molecule has 0 aliphatic rings. The molecule has 2 aromatic heterocycles. The number of hydrogen-bond acceptors (Lipinski definition) is 4. The van der Waals surface area contributed by atoms with Gasteiger partial charge in [0.15, 0.2) is 0 Å². The zero-order chi connectivity index (χ0) is 19.1. The van der Waals surface area contributed by atoms with Gasteiger partial charge >= 0.3 is 5.97 Å². The smallest absolute Gasteiger partial charge is 0.336 e. The predicted octanol–water partition coefficient (Wildman–Crippen LogP) is 4.33. The monoisotopic (exact) mass is 366 g/mol. The number of aromatic nitrogens is 4. The number of hydrogen-bond donors (Lipinski definition) is 1. The Balaban J connectivity index is 1.69. The largest absolute Gasteiger partial charge is 0.478 e. The summed E-state index contributed by atoms with van der Waals surface area (Å²) in [6.45, 7) is 0. The van der Waals surface area contributed by atoms with Crippen LogP contribution in [0.5, 0.6) is 0 Å². The van der Waals surface area contributed by atoms with Crippen LogP contribution in [0.25, 0.3) is 38.9 Å². The Kier molecular flexibility index (Phi) is 3.62. The number of rotatable bonds is 3. The van der Waals surface area contributed by atoms with Crippen molar-refractivity contribution in [3.05, 3.63) is 84.4 Å². The number of pyridine rings is 1. The number of carbonyl (C=O) groups is 1. The van der Waals surface area contributed by atoms with Crippen molar-refractivity contribution in [2.45, 2.75) is 0 Å². The van der Waals surface area contributed by atoms with E-state index in [1.165, 1.54) is 0 Å². The van der Waals surface area contributed by atoms with Gasteiger partial charge in [0.2, 0.25) is 0 Å². The number of nitrogens with zero attached hydrogens (tertiary/aromatic N) is 4. The standard InChI is InChI=1S/C22H14N4O2/c27-22(28)17-13-20(23-18-9-2-1-8-16(17)18)14-6-5-7-15(12-14)26-21-11-4-3-10-19(21)24-25-26/h1-13H,(H,27,28). The maximum absolute atomic E-state index is 11.7. The zero-order valence-corrected chi connectivity index (χ0v) is 14.6. The van der Waals surface area contributed by atoms with E-state index in [9.17, 15) is 9.90 Å². The van der Waals surface area contributed by atoms with E-state index < -0.39 is 5.97 Å². The predicted molar refractivity (Wildman–Crippen MR) is 107 cm³/mol. The third-order valence-electron chi connectivity index (χ3n) is 4.68. The van der Waals surface area contributed by atoms with E-state index in [0.717, 1.165) is 22.3 Å². The Hall–Kier alpha value is -4.06. The first-order chi connectivity index (χ1) is 13.7. The van der Waals surface area contributed by atoms with Crippen LogP contribution >= 0.6 is 0 Å². The van der Waals surface area contributed by atoms with Gasteiger partial charge in [0.25, 0.3) is 0 Å². The van der Waals surface area contributed by atoms with Crippen LogP contribution in [0, 0.1) is 0 Å². The second kappa shape index (κ2) is 6.28. The topological polar surface area (TPSA) is 80.9 Å². The summed E-state index contributed by atoms with van der Waals surface area (Å²) in [5.74, 6) is -0.974. The molecule has 5 aromatic rings. The molecule has 3 aromatic carbocycles. The summed E-state index contributed by atoms with van der Waals surface area (Å²) < 4.78 is 1.76. The first kappa shape index (κ1) is 16.1. The molecular weight excluding hydrogens is 352 g/mol. The van der Waals surface area contributed by atoms with Crippen LogP contribution in [-0.4, -0.2) is 31.1 Å². The summed E-state index contributed by atoms with van der Waals surface area (Å²) in [6.07, 6.45) is 0. The average molecular weight is 366 g/mol. The number of aromatic carboxylic acids is 1. The van der Waals surface area contributed by atoms with Crippen LogP contribution in [0.4, 0.5) is 0 Å². The second-order valence-electron chi connectivity index (χ2n) is 6.42. The Labute approximate surface area is 159 Å². The van der Waals surface area contributed by atoms with E-state index >= 15 is 0 Å². The first-order valence-electron chi connectivity index (χ1n) is 8.75. The van der Waals surface area contributed by atoms with Crippen LogP contribution in [0.1, 0.15) is 10.4 Å². The van der Waals surface area contributed by atoms with Gasteiger partial charge in [-0.25, -0.2) is 14.5 Å². The number of para-hydroxylation sites is 2. The molecule has 0 saturated carbocycles. The highest BCUT2D eigenvalue weighted by atomic mass is 16.4. The fraction of sp³-hybridized carbons (Fsp3) is 0. The van der Waals surface area contributed by atoms with Gasteiger partial charge < -0.3 is 5.11 Å². The molecule has 0 saturated heterocycles. The Morgan fingerprint density at radius 3 is 2.50 bits per heavy atom. The number of carboxylic acids is 1. The molecule has 6 nitrogen and oxygen atoms in total. The highest BCUT2D eigenvalue weighted by Crippen LogP contribution is 2.27. The average Bonchev–Trinajstić information content (AvgIpc) is 3.17. The summed E-state index contributed by atoms with van der Waals surface area (Å²) in [5.41, 5.74) is 4.83. The lowest BCUT2D eigenvalue weighted by molar-refractivity contribution is 0.0699. The molecule has 0 atom stereocenters. The molecule has 0 unspecified atom stereocenters. The van der Waals surface area contributed by atoms with E-state index in [4.69, 9.17) is 0 Å². The molecule has 0 radical (unpaired) electrons. The summed E-state index contributed by atoms with van der Waals surface area (Å²) in [6, 6.07) is 24.3. The van der Waals surface area contributed by atoms with Gasteiger partial charge in [0.05, 0.1) is 28.0 Å². The fourth-order valence-corrected chi connectivity index (χ4v) is 3.36. The minimum absolute atomic E-state index is 0.234.